The minimum atomic E-state index is -3.54. The number of sulfonamides is 1. The fourth-order valence-electron chi connectivity index (χ4n) is 2.52. The Hall–Kier alpha value is -2.87. The quantitative estimate of drug-likeness (QED) is 0.671. The average Bonchev–Trinajstić information content (AvgIpc) is 2.62. The van der Waals surface area contributed by atoms with Gasteiger partial charge < -0.3 is 0 Å². The molecule has 0 atom stereocenters. The maximum absolute atomic E-state index is 14.2. The molecule has 0 spiro atoms. The number of ketones is 1. The summed E-state index contributed by atoms with van der Waals surface area (Å²) >= 11 is 0. The second-order valence-electron chi connectivity index (χ2n) is 5.70. The van der Waals surface area contributed by atoms with Crippen LogP contribution in [0.4, 0.5) is 10.1 Å². The fraction of sp³-hybridized carbons (Fsp3) is 0.167. The second-order valence-corrected chi connectivity index (χ2v) is 7.55. The molecule has 134 valence electrons. The summed E-state index contributed by atoms with van der Waals surface area (Å²) in [7, 11) is -3.54. The van der Waals surface area contributed by atoms with Crippen molar-refractivity contribution in [2.75, 3.05) is 10.5 Å². The summed E-state index contributed by atoms with van der Waals surface area (Å²) in [4.78, 5) is 20.9. The topological polar surface area (TPSA) is 89.0 Å². The number of benzene rings is 2. The van der Waals surface area contributed by atoms with Crippen LogP contribution in [0.2, 0.25) is 0 Å². The summed E-state index contributed by atoms with van der Waals surface area (Å²) in [6, 6.07) is 8.24. The molecular formula is C18H16FN3O3S. The molecule has 0 saturated carbocycles. The predicted molar refractivity (Wildman–Crippen MR) is 97.1 cm³/mol. The van der Waals surface area contributed by atoms with E-state index in [9.17, 15) is 17.6 Å². The fourth-order valence-corrected chi connectivity index (χ4v) is 3.65. The number of carbonyl (C=O) groups is 1. The van der Waals surface area contributed by atoms with E-state index < -0.39 is 21.6 Å². The van der Waals surface area contributed by atoms with Crippen molar-refractivity contribution in [2.45, 2.75) is 13.3 Å². The third-order valence-corrected chi connectivity index (χ3v) is 5.18. The molecule has 0 saturated heterocycles. The summed E-state index contributed by atoms with van der Waals surface area (Å²) in [5.41, 5.74) is 1.29. The van der Waals surface area contributed by atoms with E-state index in [1.54, 1.807) is 13.0 Å². The first-order chi connectivity index (χ1) is 12.4. The molecule has 0 amide bonds. The normalized spacial score (nSPS) is 11.5. The zero-order valence-electron chi connectivity index (χ0n) is 13.9. The first kappa shape index (κ1) is 17.9. The third kappa shape index (κ3) is 3.85. The van der Waals surface area contributed by atoms with Gasteiger partial charge in [0.25, 0.3) is 0 Å². The van der Waals surface area contributed by atoms with Gasteiger partial charge in [0.1, 0.15) is 5.82 Å². The van der Waals surface area contributed by atoms with Crippen LogP contribution in [-0.4, -0.2) is 29.9 Å². The Bertz CT molecular complexity index is 1080. The van der Waals surface area contributed by atoms with Gasteiger partial charge in [-0.1, -0.05) is 6.92 Å². The minimum Gasteiger partial charge on any atom is -0.288 e. The molecule has 26 heavy (non-hydrogen) atoms. The zero-order chi connectivity index (χ0) is 18.7. The molecule has 0 bridgehead atoms. The Labute approximate surface area is 150 Å². The summed E-state index contributed by atoms with van der Waals surface area (Å²) < 4.78 is 40.3. The smallest absolute Gasteiger partial charge is 0.232 e. The van der Waals surface area contributed by atoms with Crippen molar-refractivity contribution < 1.29 is 17.6 Å². The third-order valence-electron chi connectivity index (χ3n) is 3.69. The Kier molecular flexibility index (Phi) is 4.94. The van der Waals surface area contributed by atoms with Crippen LogP contribution in [0.3, 0.4) is 0 Å². The van der Waals surface area contributed by atoms with Gasteiger partial charge in [-0.15, -0.1) is 0 Å². The average molecular weight is 373 g/mol. The van der Waals surface area contributed by atoms with Gasteiger partial charge in [-0.2, -0.15) is 0 Å². The van der Waals surface area contributed by atoms with Gasteiger partial charge >= 0.3 is 0 Å². The van der Waals surface area contributed by atoms with Crippen molar-refractivity contribution in [1.29, 1.82) is 0 Å². The van der Waals surface area contributed by atoms with Crippen LogP contribution in [0.25, 0.3) is 11.0 Å². The highest BCUT2D eigenvalue weighted by Gasteiger charge is 2.17. The van der Waals surface area contributed by atoms with Gasteiger partial charge in [0.2, 0.25) is 10.0 Å². The molecule has 1 aromatic heterocycles. The summed E-state index contributed by atoms with van der Waals surface area (Å²) in [5, 5.41) is 0. The highest BCUT2D eigenvalue weighted by Crippen LogP contribution is 2.21. The van der Waals surface area contributed by atoms with Crippen molar-refractivity contribution in [1.82, 2.24) is 9.97 Å². The first-order valence-corrected chi connectivity index (χ1v) is 9.60. The second kappa shape index (κ2) is 7.17. The van der Waals surface area contributed by atoms with E-state index in [0.29, 0.717) is 17.5 Å². The van der Waals surface area contributed by atoms with Crippen LogP contribution < -0.4 is 4.72 Å². The van der Waals surface area contributed by atoms with E-state index in [1.165, 1.54) is 36.7 Å². The highest BCUT2D eigenvalue weighted by molar-refractivity contribution is 7.92. The van der Waals surface area contributed by atoms with Gasteiger partial charge in [0.05, 0.1) is 22.3 Å². The number of anilines is 1. The van der Waals surface area contributed by atoms with Crippen molar-refractivity contribution >= 4 is 32.5 Å². The van der Waals surface area contributed by atoms with E-state index >= 15 is 0 Å². The predicted octanol–water partition coefficient (Wildman–Crippen LogP) is 3.15. The van der Waals surface area contributed by atoms with E-state index in [1.807, 2.05) is 0 Å². The Morgan fingerprint density at radius 2 is 1.81 bits per heavy atom. The number of nitrogens with one attached hydrogen (secondary N) is 1. The molecule has 1 N–H and O–H groups in total. The van der Waals surface area contributed by atoms with Crippen LogP contribution >= 0.6 is 0 Å². The summed E-state index contributed by atoms with van der Waals surface area (Å²) in [6.07, 6.45) is 3.48. The lowest BCUT2D eigenvalue weighted by atomic mass is 10.0. The monoisotopic (exact) mass is 373 g/mol. The molecule has 0 unspecified atom stereocenters. The van der Waals surface area contributed by atoms with E-state index in [2.05, 4.69) is 14.7 Å². The number of carbonyl (C=O) groups excluding carboxylic acids is 1. The standard InChI is InChI=1S/C18H16FN3O3S/c1-2-9-26(24,25)22-13-4-5-15(19)14(11-13)18(23)12-3-6-16-17(10-12)21-8-7-20-16/h3-8,10-11,22H,2,9H2,1H3. The Balaban J connectivity index is 1.96. The van der Waals surface area contributed by atoms with Crippen LogP contribution in [0, 0.1) is 5.82 Å². The number of hydrogen-bond acceptors (Lipinski definition) is 5. The van der Waals surface area contributed by atoms with Gasteiger partial charge in [0, 0.05) is 23.6 Å². The van der Waals surface area contributed by atoms with Crippen LogP contribution in [-0.2, 0) is 10.0 Å². The Morgan fingerprint density at radius 3 is 2.54 bits per heavy atom. The Morgan fingerprint density at radius 1 is 1.08 bits per heavy atom. The lowest BCUT2D eigenvalue weighted by molar-refractivity contribution is 0.103. The van der Waals surface area contributed by atoms with E-state index in [4.69, 9.17) is 0 Å². The number of aromatic nitrogens is 2. The van der Waals surface area contributed by atoms with Crippen molar-refractivity contribution in [2.24, 2.45) is 0 Å². The molecule has 1 heterocycles. The first-order valence-electron chi connectivity index (χ1n) is 7.95. The van der Waals surface area contributed by atoms with Crippen molar-refractivity contribution in [3.63, 3.8) is 0 Å². The SMILES string of the molecule is CCCS(=O)(=O)Nc1ccc(F)c(C(=O)c2ccc3nccnc3c2)c1. The maximum Gasteiger partial charge on any atom is 0.232 e. The molecule has 0 aliphatic heterocycles. The molecule has 2 aromatic carbocycles. The number of hydrogen-bond donors (Lipinski definition) is 1. The number of nitrogens with zero attached hydrogens (tertiary/aromatic N) is 2. The number of fused-ring (bicyclic) bond motifs is 1. The molecule has 6 nitrogen and oxygen atoms in total. The summed E-state index contributed by atoms with van der Waals surface area (Å²) in [6.45, 7) is 1.74. The zero-order valence-corrected chi connectivity index (χ0v) is 14.8. The van der Waals surface area contributed by atoms with E-state index in [-0.39, 0.29) is 22.6 Å². The highest BCUT2D eigenvalue weighted by atomic mass is 32.2. The van der Waals surface area contributed by atoms with Gasteiger partial charge in [-0.05, 0) is 42.8 Å². The van der Waals surface area contributed by atoms with Gasteiger partial charge in [0.15, 0.2) is 5.78 Å². The molecular weight excluding hydrogens is 357 g/mol. The molecule has 0 radical (unpaired) electrons. The maximum atomic E-state index is 14.2. The van der Waals surface area contributed by atoms with Crippen LogP contribution in [0.15, 0.2) is 48.8 Å². The summed E-state index contributed by atoms with van der Waals surface area (Å²) in [5.74, 6) is -1.35. The lowest BCUT2D eigenvalue weighted by Gasteiger charge is -2.09. The van der Waals surface area contributed by atoms with Crippen molar-refractivity contribution in [3.8, 4) is 0 Å². The number of rotatable bonds is 6. The molecule has 8 heteroatoms. The van der Waals surface area contributed by atoms with Crippen LogP contribution in [0.1, 0.15) is 29.3 Å². The van der Waals surface area contributed by atoms with Gasteiger partial charge in [-0.25, -0.2) is 12.8 Å². The van der Waals surface area contributed by atoms with Gasteiger partial charge in [-0.3, -0.25) is 19.5 Å². The largest absolute Gasteiger partial charge is 0.288 e. The van der Waals surface area contributed by atoms with Crippen LogP contribution in [0.5, 0.6) is 0 Å². The van der Waals surface area contributed by atoms with E-state index in [0.717, 1.165) is 6.07 Å². The number of halogens is 1. The molecule has 0 aliphatic carbocycles. The lowest BCUT2D eigenvalue weighted by Crippen LogP contribution is -2.16. The van der Waals surface area contributed by atoms with Crippen molar-refractivity contribution in [3.05, 3.63) is 65.7 Å². The molecule has 0 aliphatic rings. The molecule has 3 rings (SSSR count). The molecule has 3 aromatic rings. The minimum absolute atomic E-state index is 0.0585. The molecule has 0 fully saturated rings.